The number of halogens is 1. The number of aromatic nitrogens is 2. The summed E-state index contributed by atoms with van der Waals surface area (Å²) >= 11 is 6.26. The van der Waals surface area contributed by atoms with Crippen LogP contribution in [0, 0.1) is 0 Å². The molecule has 3 rings (SSSR count). The number of benzene rings is 2. The number of imidazole rings is 1. The number of esters is 1. The summed E-state index contributed by atoms with van der Waals surface area (Å²) < 4.78 is 6.65. The Kier molecular flexibility index (Phi) is 7.08. The second-order valence-electron chi connectivity index (χ2n) is 6.76. The van der Waals surface area contributed by atoms with E-state index >= 15 is 0 Å². The number of hydrogen-bond acceptors (Lipinski definition) is 4. The Hall–Kier alpha value is -3.32. The Labute approximate surface area is 180 Å². The molecule has 2 N–H and O–H groups in total. The molecule has 2 aromatic carbocycles. The van der Waals surface area contributed by atoms with Gasteiger partial charge in [0.05, 0.1) is 31.9 Å². The highest BCUT2D eigenvalue weighted by atomic mass is 35.5. The van der Waals surface area contributed by atoms with Crippen molar-refractivity contribution in [3.8, 4) is 5.69 Å². The Morgan fingerprint density at radius 3 is 2.50 bits per heavy atom. The minimum absolute atomic E-state index is 0.0262. The fourth-order valence-corrected chi connectivity index (χ4v) is 3.34. The third-order valence-electron chi connectivity index (χ3n) is 4.73. The van der Waals surface area contributed by atoms with Gasteiger partial charge in [0, 0.05) is 23.1 Å². The lowest BCUT2D eigenvalue weighted by atomic mass is 10.0. The smallest absolute Gasteiger partial charge is 0.315 e. The molecule has 0 aliphatic carbocycles. The predicted molar refractivity (Wildman–Crippen MR) is 114 cm³/mol. The van der Waals surface area contributed by atoms with E-state index in [9.17, 15) is 9.59 Å². The zero-order valence-corrected chi connectivity index (χ0v) is 17.5. The molecule has 0 fully saturated rings. The Balaban J connectivity index is 1.67. The van der Waals surface area contributed by atoms with Crippen LogP contribution < -0.4 is 10.6 Å². The average Bonchev–Trinajstić information content (AvgIpc) is 3.28. The number of urea groups is 1. The zero-order chi connectivity index (χ0) is 21.5. The third kappa shape index (κ3) is 5.39. The molecule has 0 spiro atoms. The topological polar surface area (TPSA) is 85.2 Å². The summed E-state index contributed by atoms with van der Waals surface area (Å²) in [6, 6.07) is 13.6. The number of ether oxygens (including phenoxy) is 1. The lowest BCUT2D eigenvalue weighted by Crippen LogP contribution is -2.40. The Bertz CT molecular complexity index is 990. The van der Waals surface area contributed by atoms with Crippen molar-refractivity contribution in [1.82, 2.24) is 20.2 Å². The van der Waals surface area contributed by atoms with Crippen LogP contribution in [-0.4, -0.2) is 28.7 Å². The number of rotatable bonds is 7. The van der Waals surface area contributed by atoms with Crippen LogP contribution in [0.1, 0.15) is 36.6 Å². The molecular weight excluding hydrogens is 404 g/mol. The molecule has 8 heteroatoms. The van der Waals surface area contributed by atoms with Crippen LogP contribution in [0.5, 0.6) is 0 Å². The number of nitrogens with one attached hydrogen (secondary N) is 2. The number of hydrogen-bond donors (Lipinski definition) is 2. The first kappa shape index (κ1) is 21.4. The normalized spacial score (nSPS) is 12.6. The van der Waals surface area contributed by atoms with Crippen molar-refractivity contribution in [1.29, 1.82) is 0 Å². The highest BCUT2D eigenvalue weighted by Crippen LogP contribution is 2.25. The molecule has 2 atom stereocenters. The number of carbonyl (C=O) groups excluding carboxylic acids is 2. The number of carbonyl (C=O) groups is 2. The largest absolute Gasteiger partial charge is 0.469 e. The van der Waals surface area contributed by atoms with Crippen LogP contribution in [0.25, 0.3) is 5.69 Å². The van der Waals surface area contributed by atoms with Crippen LogP contribution in [0.15, 0.2) is 67.3 Å². The lowest BCUT2D eigenvalue weighted by molar-refractivity contribution is -0.141. The monoisotopic (exact) mass is 426 g/mol. The van der Waals surface area contributed by atoms with Crippen molar-refractivity contribution in [2.75, 3.05) is 7.11 Å². The lowest BCUT2D eigenvalue weighted by Gasteiger charge is -2.22. The van der Waals surface area contributed by atoms with Gasteiger partial charge in [0.15, 0.2) is 0 Å². The molecule has 0 unspecified atom stereocenters. The number of nitrogens with zero attached hydrogens (tertiary/aromatic N) is 2. The first-order chi connectivity index (χ1) is 14.5. The van der Waals surface area contributed by atoms with Gasteiger partial charge in [-0.1, -0.05) is 41.9 Å². The highest BCUT2D eigenvalue weighted by Gasteiger charge is 2.22. The van der Waals surface area contributed by atoms with Crippen LogP contribution in [-0.2, 0) is 9.53 Å². The van der Waals surface area contributed by atoms with Crippen molar-refractivity contribution in [2.24, 2.45) is 0 Å². The van der Waals surface area contributed by atoms with E-state index in [0.29, 0.717) is 10.6 Å². The van der Waals surface area contributed by atoms with Crippen molar-refractivity contribution in [2.45, 2.75) is 25.4 Å². The molecule has 30 heavy (non-hydrogen) atoms. The van der Waals surface area contributed by atoms with Crippen molar-refractivity contribution in [3.63, 3.8) is 0 Å². The quantitative estimate of drug-likeness (QED) is 0.555. The molecule has 0 bridgehead atoms. The van der Waals surface area contributed by atoms with Crippen LogP contribution in [0.4, 0.5) is 4.79 Å². The third-order valence-corrected chi connectivity index (χ3v) is 5.07. The maximum atomic E-state index is 12.6. The van der Waals surface area contributed by atoms with Gasteiger partial charge >= 0.3 is 12.0 Å². The van der Waals surface area contributed by atoms with E-state index in [0.717, 1.165) is 11.3 Å². The summed E-state index contributed by atoms with van der Waals surface area (Å²) in [7, 11) is 1.31. The summed E-state index contributed by atoms with van der Waals surface area (Å²) in [5.74, 6) is -0.441. The SMILES string of the molecule is COC(=O)C[C@H](NC(=O)N[C@@H](C)c1ccc(-n2ccnc2)cc1)c1ccccc1Cl. The van der Waals surface area contributed by atoms with Crippen LogP contribution in [0.3, 0.4) is 0 Å². The average molecular weight is 427 g/mol. The van der Waals surface area contributed by atoms with Gasteiger partial charge in [-0.3, -0.25) is 4.79 Å². The maximum Gasteiger partial charge on any atom is 0.315 e. The number of methoxy groups -OCH3 is 1. The fourth-order valence-electron chi connectivity index (χ4n) is 3.07. The van der Waals surface area contributed by atoms with Crippen molar-refractivity contribution in [3.05, 3.63) is 83.4 Å². The molecule has 0 radical (unpaired) electrons. The van der Waals surface area contributed by atoms with Crippen LogP contribution in [0.2, 0.25) is 5.02 Å². The van der Waals surface area contributed by atoms with Gasteiger partial charge in [-0.05, 0) is 36.2 Å². The minimum Gasteiger partial charge on any atom is -0.469 e. The second kappa shape index (κ2) is 9.93. The Morgan fingerprint density at radius 1 is 1.13 bits per heavy atom. The summed E-state index contributed by atoms with van der Waals surface area (Å²) in [6.45, 7) is 1.89. The summed E-state index contributed by atoms with van der Waals surface area (Å²) in [6.07, 6.45) is 5.27. The molecular formula is C22H23ClN4O3. The molecule has 3 aromatic rings. The van der Waals surface area contributed by atoms with Gasteiger partial charge in [-0.2, -0.15) is 0 Å². The zero-order valence-electron chi connectivity index (χ0n) is 16.7. The molecule has 0 saturated carbocycles. The number of amides is 2. The molecule has 7 nitrogen and oxygen atoms in total. The molecule has 0 aliphatic rings. The van der Waals surface area contributed by atoms with Crippen LogP contribution >= 0.6 is 11.6 Å². The van der Waals surface area contributed by atoms with Gasteiger partial charge in [0.1, 0.15) is 0 Å². The standard InChI is InChI=1S/C22H23ClN4O3/c1-15(16-7-9-17(10-8-16)27-12-11-24-14-27)25-22(29)26-20(13-21(28)30-2)18-5-3-4-6-19(18)23/h3-12,14-15,20H,13H2,1-2H3,(H2,25,26,29)/t15-,20-/m0/s1. The van der Waals surface area contributed by atoms with E-state index in [1.165, 1.54) is 7.11 Å². The van der Waals surface area contributed by atoms with E-state index in [1.807, 2.05) is 42.0 Å². The summed E-state index contributed by atoms with van der Waals surface area (Å²) in [5, 5.41) is 6.19. The van der Waals surface area contributed by atoms with Crippen molar-refractivity contribution < 1.29 is 14.3 Å². The fraction of sp³-hybridized carbons (Fsp3) is 0.227. The molecule has 1 aromatic heterocycles. The van der Waals surface area contributed by atoms with Gasteiger partial charge in [0.25, 0.3) is 0 Å². The molecule has 1 heterocycles. The molecule has 2 amide bonds. The van der Waals surface area contributed by atoms with E-state index in [2.05, 4.69) is 15.6 Å². The molecule has 0 aliphatic heterocycles. The van der Waals surface area contributed by atoms with Gasteiger partial charge in [-0.15, -0.1) is 0 Å². The van der Waals surface area contributed by atoms with E-state index in [-0.39, 0.29) is 12.5 Å². The van der Waals surface area contributed by atoms with Gasteiger partial charge in [0.2, 0.25) is 0 Å². The van der Waals surface area contributed by atoms with E-state index in [4.69, 9.17) is 16.3 Å². The predicted octanol–water partition coefficient (Wildman–Crippen LogP) is 4.19. The first-order valence-electron chi connectivity index (χ1n) is 9.44. The summed E-state index contributed by atoms with van der Waals surface area (Å²) in [5.41, 5.74) is 2.57. The molecule has 0 saturated heterocycles. The van der Waals surface area contributed by atoms with Gasteiger partial charge in [-0.25, -0.2) is 9.78 Å². The van der Waals surface area contributed by atoms with E-state index < -0.39 is 18.0 Å². The summed E-state index contributed by atoms with van der Waals surface area (Å²) in [4.78, 5) is 28.5. The highest BCUT2D eigenvalue weighted by molar-refractivity contribution is 6.31. The minimum atomic E-state index is -0.609. The maximum absolute atomic E-state index is 12.6. The Morgan fingerprint density at radius 2 is 1.87 bits per heavy atom. The first-order valence-corrected chi connectivity index (χ1v) is 9.82. The van der Waals surface area contributed by atoms with E-state index in [1.54, 1.807) is 36.8 Å². The second-order valence-corrected chi connectivity index (χ2v) is 7.16. The molecule has 156 valence electrons. The van der Waals surface area contributed by atoms with Crippen molar-refractivity contribution >= 4 is 23.6 Å². The van der Waals surface area contributed by atoms with Gasteiger partial charge < -0.3 is 19.9 Å².